The van der Waals surface area contributed by atoms with Gasteiger partial charge in [-0.1, -0.05) is 32.8 Å². The number of rotatable bonds is 5. The van der Waals surface area contributed by atoms with Crippen molar-refractivity contribution in [1.29, 1.82) is 0 Å². The molecule has 0 unspecified atom stereocenters. The van der Waals surface area contributed by atoms with Gasteiger partial charge in [-0.25, -0.2) is 19.6 Å². The number of fused-ring (bicyclic) bond motifs is 5. The number of cyclic esters (lactones) is 1. The summed E-state index contributed by atoms with van der Waals surface area (Å²) in [5.74, 6) is -3.47. The van der Waals surface area contributed by atoms with Crippen molar-refractivity contribution in [3.63, 3.8) is 0 Å². The Labute approximate surface area is 231 Å². The number of esters is 1. The summed E-state index contributed by atoms with van der Waals surface area (Å²) in [6, 6.07) is 7.65. The molecule has 3 aliphatic heterocycles. The topological polar surface area (TPSA) is 134 Å². The van der Waals surface area contributed by atoms with Gasteiger partial charge in [0.05, 0.1) is 52.1 Å². The van der Waals surface area contributed by atoms with Crippen molar-refractivity contribution >= 4 is 40.6 Å². The second-order valence-corrected chi connectivity index (χ2v) is 10.0. The smallest absolute Gasteiger partial charge is 0.475 e. The van der Waals surface area contributed by atoms with Crippen LogP contribution in [0.1, 0.15) is 56.2 Å². The van der Waals surface area contributed by atoms with Crippen LogP contribution in [-0.2, 0) is 33.1 Å². The number of aliphatic hydroxyl groups is 1. The highest BCUT2D eigenvalue weighted by molar-refractivity contribution is 6.11. The number of carbonyl (C=O) groups excluding carboxylic acids is 1. The third-order valence-corrected chi connectivity index (χ3v) is 7.53. The first kappa shape index (κ1) is 28.3. The van der Waals surface area contributed by atoms with Gasteiger partial charge >= 0.3 is 18.1 Å². The van der Waals surface area contributed by atoms with Crippen molar-refractivity contribution < 1.29 is 37.7 Å². The highest BCUT2D eigenvalue weighted by atomic mass is 19.4. The number of hydrogen-bond acceptors (Lipinski definition) is 8. The maximum Gasteiger partial charge on any atom is 0.490 e. The summed E-state index contributed by atoms with van der Waals surface area (Å²) in [6.45, 7) is 4.96. The van der Waals surface area contributed by atoms with E-state index in [4.69, 9.17) is 19.6 Å². The number of ether oxygens (including phenoxy) is 1. The zero-order chi connectivity index (χ0) is 29.7. The Morgan fingerprint density at radius 2 is 1.90 bits per heavy atom. The van der Waals surface area contributed by atoms with Crippen molar-refractivity contribution in [2.45, 2.75) is 64.5 Å². The van der Waals surface area contributed by atoms with E-state index >= 15 is 0 Å². The van der Waals surface area contributed by atoms with Crippen LogP contribution in [0.2, 0.25) is 0 Å². The molecule has 13 heteroatoms. The first-order valence-electron chi connectivity index (χ1n) is 13.2. The van der Waals surface area contributed by atoms with Gasteiger partial charge in [0, 0.05) is 17.7 Å². The van der Waals surface area contributed by atoms with Crippen LogP contribution in [-0.4, -0.2) is 50.8 Å². The molecule has 1 atom stereocenters. The molecule has 10 nitrogen and oxygen atoms in total. The highest BCUT2D eigenvalue weighted by Crippen LogP contribution is 2.46. The van der Waals surface area contributed by atoms with E-state index in [1.165, 1.54) is 0 Å². The van der Waals surface area contributed by atoms with Crippen LogP contribution in [0.15, 0.2) is 34.1 Å². The largest absolute Gasteiger partial charge is 0.490 e. The number of carboxylic acid groups (broad SMARTS) is 1. The zero-order valence-electron chi connectivity index (χ0n) is 22.3. The average molecular weight is 573 g/mol. The van der Waals surface area contributed by atoms with E-state index in [9.17, 15) is 27.9 Å². The molecule has 6 rings (SSSR count). The van der Waals surface area contributed by atoms with E-state index in [-0.39, 0.29) is 18.6 Å². The number of aromatic nitrogens is 2. The summed E-state index contributed by atoms with van der Waals surface area (Å²) in [6.07, 6.45) is 0.201. The number of alkyl halides is 3. The van der Waals surface area contributed by atoms with Gasteiger partial charge in [0.1, 0.15) is 6.61 Å². The van der Waals surface area contributed by atoms with Crippen LogP contribution in [0.25, 0.3) is 22.3 Å². The number of anilines is 1. The number of aliphatic imine (C=N–C) groups is 1. The maximum absolute atomic E-state index is 13.5. The van der Waals surface area contributed by atoms with Crippen molar-refractivity contribution in [3.8, 4) is 11.4 Å². The third-order valence-electron chi connectivity index (χ3n) is 7.53. The van der Waals surface area contributed by atoms with E-state index in [2.05, 4.69) is 16.8 Å². The monoisotopic (exact) mass is 572 g/mol. The molecule has 0 fully saturated rings. The molecule has 2 aromatic heterocycles. The standard InChI is InChI=1S/C26H26N4O4.C2HF3O2/c1-3-5-6-10-29-14-27-18-8-7-9-19-21(18)23(29)15-12-30-20(22(15)28-19)11-17-16(24(30)31)13-34-25(32)26(17,33)4-2;3-2(4,5)1(6)7/h7-9,11,14,33H,3-6,10,12-13H2,1-2H3;(H,6,7)/t26-;/m0./s1. The number of carboxylic acids is 1. The lowest BCUT2D eigenvalue weighted by Gasteiger charge is -2.31. The van der Waals surface area contributed by atoms with Gasteiger partial charge in [0.25, 0.3) is 5.56 Å². The average Bonchev–Trinajstić information content (AvgIpc) is 3.31. The molecule has 3 aromatic rings. The van der Waals surface area contributed by atoms with Gasteiger partial charge in [-0.3, -0.25) is 4.79 Å². The van der Waals surface area contributed by atoms with Crippen molar-refractivity contribution in [3.05, 3.63) is 51.3 Å². The normalized spacial score (nSPS) is 18.3. The van der Waals surface area contributed by atoms with Gasteiger partial charge in [-0.05, 0) is 31.0 Å². The SMILES string of the molecule is CCCCCN1C=Nc2cccc3nc4c(c1c23)Cn1c-4cc2c(c1=O)COC(=O)[C@]2(O)CC.O=C(O)C(F)(F)F. The Bertz CT molecular complexity index is 1670. The summed E-state index contributed by atoms with van der Waals surface area (Å²) in [5, 5.41) is 19.2. The van der Waals surface area contributed by atoms with E-state index in [1.54, 1.807) is 17.6 Å². The molecule has 1 aromatic carbocycles. The molecule has 3 aliphatic rings. The van der Waals surface area contributed by atoms with Gasteiger partial charge < -0.3 is 24.4 Å². The van der Waals surface area contributed by atoms with Gasteiger partial charge in [-0.2, -0.15) is 13.2 Å². The molecule has 0 saturated carbocycles. The van der Waals surface area contributed by atoms with Crippen LogP contribution < -0.4 is 10.5 Å². The number of unbranched alkanes of at least 4 members (excludes halogenated alkanes) is 2. The molecule has 0 radical (unpaired) electrons. The molecule has 2 N–H and O–H groups in total. The molecule has 5 heterocycles. The lowest BCUT2D eigenvalue weighted by molar-refractivity contribution is -0.192. The molecule has 0 saturated heterocycles. The third kappa shape index (κ3) is 4.63. The lowest BCUT2D eigenvalue weighted by Crippen LogP contribution is -2.44. The van der Waals surface area contributed by atoms with E-state index in [0.29, 0.717) is 29.1 Å². The first-order valence-corrected chi connectivity index (χ1v) is 13.2. The minimum Gasteiger partial charge on any atom is -0.475 e. The van der Waals surface area contributed by atoms with Crippen LogP contribution in [0, 0.1) is 0 Å². The minimum atomic E-state index is -5.08. The summed E-state index contributed by atoms with van der Waals surface area (Å²) < 4.78 is 38.6. The summed E-state index contributed by atoms with van der Waals surface area (Å²) in [5.41, 5.74) is 3.62. The van der Waals surface area contributed by atoms with Crippen LogP contribution >= 0.6 is 0 Å². The molecule has 0 aliphatic carbocycles. The summed E-state index contributed by atoms with van der Waals surface area (Å²) in [4.78, 5) is 46.7. The van der Waals surface area contributed by atoms with Crippen molar-refractivity contribution in [2.75, 3.05) is 11.4 Å². The first-order chi connectivity index (χ1) is 19.4. The number of carbonyl (C=O) groups is 2. The molecular weight excluding hydrogens is 545 g/mol. The number of pyridine rings is 2. The second-order valence-electron chi connectivity index (χ2n) is 10.0. The van der Waals surface area contributed by atoms with E-state index in [1.807, 2.05) is 24.5 Å². The van der Waals surface area contributed by atoms with Crippen molar-refractivity contribution in [2.24, 2.45) is 4.99 Å². The van der Waals surface area contributed by atoms with Gasteiger partial charge in [0.2, 0.25) is 0 Å². The fourth-order valence-corrected chi connectivity index (χ4v) is 5.40. The Kier molecular flexibility index (Phi) is 7.10. The van der Waals surface area contributed by atoms with Gasteiger partial charge in [0.15, 0.2) is 5.60 Å². The Hall–Kier alpha value is -4.26. The predicted molar refractivity (Wildman–Crippen MR) is 143 cm³/mol. The Morgan fingerprint density at radius 1 is 1.17 bits per heavy atom. The predicted octanol–water partition coefficient (Wildman–Crippen LogP) is 4.38. The van der Waals surface area contributed by atoms with Crippen LogP contribution in [0.4, 0.5) is 24.5 Å². The molecule has 0 spiro atoms. The fourth-order valence-electron chi connectivity index (χ4n) is 5.40. The number of hydrogen-bond donors (Lipinski definition) is 2. The number of aliphatic carboxylic acids is 1. The summed E-state index contributed by atoms with van der Waals surface area (Å²) in [7, 11) is 0. The zero-order valence-corrected chi connectivity index (χ0v) is 22.3. The molecule has 41 heavy (non-hydrogen) atoms. The molecule has 0 amide bonds. The van der Waals surface area contributed by atoms with Crippen LogP contribution in [0.5, 0.6) is 0 Å². The Morgan fingerprint density at radius 3 is 2.56 bits per heavy atom. The molecule has 216 valence electrons. The second kappa shape index (κ2) is 10.3. The maximum atomic E-state index is 13.5. The number of nitrogens with zero attached hydrogens (tertiary/aromatic N) is 4. The lowest BCUT2D eigenvalue weighted by atomic mass is 9.86. The number of halogens is 3. The quantitative estimate of drug-likeness (QED) is 0.266. The summed E-state index contributed by atoms with van der Waals surface area (Å²) >= 11 is 0. The highest BCUT2D eigenvalue weighted by Gasteiger charge is 2.45. The van der Waals surface area contributed by atoms with Crippen molar-refractivity contribution in [1.82, 2.24) is 9.55 Å². The van der Waals surface area contributed by atoms with Gasteiger partial charge in [-0.15, -0.1) is 0 Å². The van der Waals surface area contributed by atoms with Crippen LogP contribution in [0.3, 0.4) is 0 Å². The molecule has 0 bridgehead atoms. The Balaban J connectivity index is 0.000000431. The van der Waals surface area contributed by atoms with E-state index in [0.717, 1.165) is 53.6 Å². The number of benzene rings is 1. The minimum absolute atomic E-state index is 0.121. The van der Waals surface area contributed by atoms with E-state index < -0.39 is 23.7 Å². The fraction of sp³-hybridized carbons (Fsp3) is 0.393. The molecular formula is C28H27F3N4O6.